The quantitative estimate of drug-likeness (QED) is 0.416. The van der Waals surface area contributed by atoms with Crippen molar-refractivity contribution in [1.82, 2.24) is 10.3 Å². The maximum Gasteiger partial charge on any atom is 0.251 e. The number of aromatic nitrogens is 1. The summed E-state index contributed by atoms with van der Waals surface area (Å²) < 4.78 is 5.84. The Bertz CT molecular complexity index is 873. The summed E-state index contributed by atoms with van der Waals surface area (Å²) in [6, 6.07) is 17.6. The van der Waals surface area contributed by atoms with Crippen LogP contribution in [0.4, 0.5) is 0 Å². The molecule has 4 nitrogen and oxygen atoms in total. The molecule has 0 aliphatic rings. The molecule has 0 radical (unpaired) electrons. The van der Waals surface area contributed by atoms with Crippen molar-refractivity contribution >= 4 is 17.7 Å². The van der Waals surface area contributed by atoms with Gasteiger partial charge >= 0.3 is 0 Å². The van der Waals surface area contributed by atoms with Gasteiger partial charge in [0.1, 0.15) is 5.76 Å². The predicted octanol–water partition coefficient (Wildman–Crippen LogP) is 5.47. The molecule has 3 rings (SSSR count). The summed E-state index contributed by atoms with van der Waals surface area (Å²) in [5.41, 5.74) is 2.47. The van der Waals surface area contributed by atoms with Crippen molar-refractivity contribution in [1.29, 1.82) is 0 Å². The van der Waals surface area contributed by atoms with E-state index in [0.29, 0.717) is 18.0 Å². The number of rotatable bonds is 8. The highest BCUT2D eigenvalue weighted by Gasteiger charge is 2.13. The predicted molar refractivity (Wildman–Crippen MR) is 110 cm³/mol. The number of benzene rings is 2. The molecule has 0 aliphatic heterocycles. The third-order valence-electron chi connectivity index (χ3n) is 4.22. The number of carbonyl (C=O) groups is 1. The maximum atomic E-state index is 12.1. The molecule has 0 bridgehead atoms. The number of nitrogens with zero attached hydrogens (tertiary/aromatic N) is 1. The van der Waals surface area contributed by atoms with Gasteiger partial charge in [0.05, 0.1) is 5.69 Å². The zero-order valence-corrected chi connectivity index (χ0v) is 16.5. The van der Waals surface area contributed by atoms with Crippen LogP contribution in [0.25, 0.3) is 11.5 Å². The lowest BCUT2D eigenvalue weighted by Gasteiger charge is -2.04. The number of amides is 1. The Morgan fingerprint density at radius 3 is 2.56 bits per heavy atom. The molecule has 1 amide bonds. The van der Waals surface area contributed by atoms with Crippen molar-refractivity contribution in [3.8, 4) is 11.5 Å². The van der Waals surface area contributed by atoms with Gasteiger partial charge in [0.25, 0.3) is 5.91 Å². The van der Waals surface area contributed by atoms with E-state index in [1.165, 1.54) is 4.90 Å². The first-order valence-corrected chi connectivity index (χ1v) is 10.2. The van der Waals surface area contributed by atoms with Gasteiger partial charge in [-0.2, -0.15) is 0 Å². The van der Waals surface area contributed by atoms with Crippen LogP contribution in [0.2, 0.25) is 0 Å². The molecular formula is C22H24N2O2S. The fourth-order valence-corrected chi connectivity index (χ4v) is 3.52. The Kier molecular flexibility index (Phi) is 6.71. The van der Waals surface area contributed by atoms with E-state index in [0.717, 1.165) is 35.6 Å². The first kappa shape index (κ1) is 19.2. The van der Waals surface area contributed by atoms with E-state index < -0.39 is 0 Å². The van der Waals surface area contributed by atoms with Crippen LogP contribution >= 0.6 is 11.8 Å². The summed E-state index contributed by atoms with van der Waals surface area (Å²) in [5.74, 6) is 2.14. The van der Waals surface area contributed by atoms with Crippen LogP contribution in [-0.4, -0.2) is 17.4 Å². The van der Waals surface area contributed by atoms with Crippen LogP contribution in [0.3, 0.4) is 0 Å². The number of carbonyl (C=O) groups excluding carboxylic acids is 1. The maximum absolute atomic E-state index is 12.1. The number of unbranched alkanes of at least 4 members (excludes halogenated alkanes) is 1. The van der Waals surface area contributed by atoms with Gasteiger partial charge in [0.15, 0.2) is 0 Å². The minimum atomic E-state index is -0.0430. The van der Waals surface area contributed by atoms with E-state index in [-0.39, 0.29) is 5.91 Å². The molecule has 1 N–H and O–H groups in total. The fraction of sp³-hybridized carbons (Fsp3) is 0.273. The summed E-state index contributed by atoms with van der Waals surface area (Å²) in [5, 5.41) is 2.92. The number of hydrogen-bond acceptors (Lipinski definition) is 4. The molecule has 0 saturated carbocycles. The van der Waals surface area contributed by atoms with Gasteiger partial charge in [-0.25, -0.2) is 4.98 Å². The first-order valence-electron chi connectivity index (χ1n) is 9.20. The summed E-state index contributed by atoms with van der Waals surface area (Å²) in [4.78, 5) is 17.9. The third-order valence-corrected chi connectivity index (χ3v) is 5.24. The van der Waals surface area contributed by atoms with E-state index in [4.69, 9.17) is 4.42 Å². The average molecular weight is 381 g/mol. The number of hydrogen-bond donors (Lipinski definition) is 1. The van der Waals surface area contributed by atoms with Gasteiger partial charge < -0.3 is 9.73 Å². The summed E-state index contributed by atoms with van der Waals surface area (Å²) in [7, 11) is 0. The Morgan fingerprint density at radius 2 is 1.85 bits per heavy atom. The fourth-order valence-electron chi connectivity index (χ4n) is 2.60. The summed E-state index contributed by atoms with van der Waals surface area (Å²) >= 11 is 1.74. The van der Waals surface area contributed by atoms with Gasteiger partial charge in [0, 0.05) is 28.3 Å². The van der Waals surface area contributed by atoms with E-state index in [1.54, 1.807) is 11.8 Å². The number of thioether (sulfide) groups is 1. The van der Waals surface area contributed by atoms with E-state index >= 15 is 0 Å². The molecular weight excluding hydrogens is 356 g/mol. The number of aryl methyl sites for hydroxylation is 1. The smallest absolute Gasteiger partial charge is 0.251 e. The van der Waals surface area contributed by atoms with Gasteiger partial charge in [-0.15, -0.1) is 11.8 Å². The first-order chi connectivity index (χ1) is 13.2. The van der Waals surface area contributed by atoms with Crippen LogP contribution in [-0.2, 0) is 5.75 Å². The molecule has 1 aromatic heterocycles. The Balaban J connectivity index is 1.65. The van der Waals surface area contributed by atoms with Gasteiger partial charge in [-0.3, -0.25) is 4.79 Å². The van der Waals surface area contributed by atoms with Crippen molar-refractivity contribution in [2.45, 2.75) is 37.3 Å². The zero-order chi connectivity index (χ0) is 19.1. The molecule has 0 fully saturated rings. The highest BCUT2D eigenvalue weighted by atomic mass is 32.2. The minimum Gasteiger partial charge on any atom is -0.441 e. The van der Waals surface area contributed by atoms with Crippen molar-refractivity contribution in [3.63, 3.8) is 0 Å². The second-order valence-electron chi connectivity index (χ2n) is 6.31. The van der Waals surface area contributed by atoms with Gasteiger partial charge in [-0.1, -0.05) is 31.5 Å². The molecule has 0 aliphatic carbocycles. The number of oxazole rings is 1. The van der Waals surface area contributed by atoms with E-state index in [1.807, 2.05) is 49.4 Å². The molecule has 0 saturated heterocycles. The van der Waals surface area contributed by atoms with Crippen molar-refractivity contribution in [2.75, 3.05) is 6.54 Å². The molecule has 140 valence electrons. The highest BCUT2D eigenvalue weighted by Crippen LogP contribution is 2.27. The molecule has 0 spiro atoms. The Hall–Kier alpha value is -2.53. The molecule has 27 heavy (non-hydrogen) atoms. The van der Waals surface area contributed by atoms with E-state index in [2.05, 4.69) is 29.4 Å². The highest BCUT2D eigenvalue weighted by molar-refractivity contribution is 7.98. The van der Waals surface area contributed by atoms with Crippen molar-refractivity contribution < 1.29 is 9.21 Å². The Labute approximate surface area is 164 Å². The topological polar surface area (TPSA) is 55.1 Å². The summed E-state index contributed by atoms with van der Waals surface area (Å²) in [6.07, 6.45) is 2.05. The largest absolute Gasteiger partial charge is 0.441 e. The van der Waals surface area contributed by atoms with Crippen molar-refractivity contribution in [2.24, 2.45) is 0 Å². The molecule has 5 heteroatoms. The third kappa shape index (κ3) is 5.23. The Morgan fingerprint density at radius 1 is 1.11 bits per heavy atom. The second kappa shape index (κ2) is 9.42. The zero-order valence-electron chi connectivity index (χ0n) is 15.7. The van der Waals surface area contributed by atoms with Gasteiger partial charge in [0.2, 0.25) is 5.89 Å². The van der Waals surface area contributed by atoms with Crippen LogP contribution in [0.5, 0.6) is 0 Å². The molecule has 3 aromatic rings. The normalized spacial score (nSPS) is 10.7. The van der Waals surface area contributed by atoms with Gasteiger partial charge in [-0.05, 0) is 49.7 Å². The molecule has 2 aromatic carbocycles. The van der Waals surface area contributed by atoms with Crippen molar-refractivity contribution in [3.05, 3.63) is 71.6 Å². The lowest BCUT2D eigenvalue weighted by Crippen LogP contribution is -2.24. The van der Waals surface area contributed by atoms with Crippen LogP contribution in [0, 0.1) is 6.92 Å². The van der Waals surface area contributed by atoms with Crippen LogP contribution < -0.4 is 5.32 Å². The standard InChI is InChI=1S/C22H24N2O2S/c1-3-4-14-23-21(25)17-10-12-18(13-11-17)22-24-20(16(2)26-22)15-27-19-8-6-5-7-9-19/h5-13H,3-4,14-15H2,1-2H3,(H,23,25). The summed E-state index contributed by atoms with van der Waals surface area (Å²) in [6.45, 7) is 4.75. The monoisotopic (exact) mass is 380 g/mol. The van der Waals surface area contributed by atoms with E-state index in [9.17, 15) is 4.79 Å². The molecule has 0 atom stereocenters. The number of nitrogens with one attached hydrogen (secondary N) is 1. The van der Waals surface area contributed by atoms with Crippen LogP contribution in [0.1, 0.15) is 41.6 Å². The lowest BCUT2D eigenvalue weighted by atomic mass is 10.1. The average Bonchev–Trinajstić information content (AvgIpc) is 3.08. The molecule has 0 unspecified atom stereocenters. The molecule has 1 heterocycles. The minimum absolute atomic E-state index is 0.0430. The second-order valence-corrected chi connectivity index (χ2v) is 7.36. The SMILES string of the molecule is CCCCNC(=O)c1ccc(-c2nc(CSc3ccccc3)c(C)o2)cc1. The van der Waals surface area contributed by atoms with Crippen LogP contribution in [0.15, 0.2) is 63.9 Å². The lowest BCUT2D eigenvalue weighted by molar-refractivity contribution is 0.0953.